The smallest absolute Gasteiger partial charge is 0.220 e. The molecule has 2 aliphatic heterocycles. The van der Waals surface area contributed by atoms with Crippen LogP contribution >= 0.6 is 0 Å². The van der Waals surface area contributed by atoms with Gasteiger partial charge < -0.3 is 65.1 Å². The molecule has 2 saturated heterocycles. The van der Waals surface area contributed by atoms with Crippen LogP contribution < -0.4 is 5.32 Å². The summed E-state index contributed by atoms with van der Waals surface area (Å²) in [6.45, 7) is 2.78. The van der Waals surface area contributed by atoms with Gasteiger partial charge in [-0.3, -0.25) is 4.79 Å². The lowest BCUT2D eigenvalue weighted by atomic mass is 9.97. The number of allylic oxidation sites excluding steroid dienone is 18. The Morgan fingerprint density at radius 1 is 0.378 bits per heavy atom. The van der Waals surface area contributed by atoms with Gasteiger partial charge in [0.05, 0.1) is 32.0 Å². The highest BCUT2D eigenvalue weighted by molar-refractivity contribution is 5.76. The third-order valence-electron chi connectivity index (χ3n) is 19.0. The Labute approximate surface area is 597 Å². The third kappa shape index (κ3) is 49.3. The number of hydrogen-bond acceptors (Lipinski definition) is 13. The molecule has 0 aromatic heterocycles. The van der Waals surface area contributed by atoms with Crippen LogP contribution in [0.1, 0.15) is 322 Å². The summed E-state index contributed by atoms with van der Waals surface area (Å²) in [6, 6.07) is -0.842. The predicted octanol–water partition coefficient (Wildman–Crippen LogP) is 18.2. The molecule has 12 atom stereocenters. The van der Waals surface area contributed by atoms with Crippen molar-refractivity contribution in [1.82, 2.24) is 5.32 Å². The first kappa shape index (κ1) is 90.7. The van der Waals surface area contributed by atoms with Gasteiger partial charge in [-0.25, -0.2) is 0 Å². The van der Waals surface area contributed by atoms with Crippen molar-refractivity contribution in [3.63, 3.8) is 0 Å². The van der Waals surface area contributed by atoms with E-state index in [9.17, 15) is 45.6 Å². The van der Waals surface area contributed by atoms with E-state index in [4.69, 9.17) is 18.9 Å². The highest BCUT2D eigenvalue weighted by Crippen LogP contribution is 2.30. The van der Waals surface area contributed by atoms with Crippen molar-refractivity contribution < 1.29 is 64.6 Å². The molecule has 2 heterocycles. The summed E-state index contributed by atoms with van der Waals surface area (Å²) in [6.07, 6.45) is 79.7. The van der Waals surface area contributed by atoms with Crippen molar-refractivity contribution in [2.45, 2.75) is 396 Å². The predicted molar refractivity (Wildman–Crippen MR) is 406 cm³/mol. The first-order valence-electron chi connectivity index (χ1n) is 40.1. The van der Waals surface area contributed by atoms with Gasteiger partial charge in [0.1, 0.15) is 48.8 Å². The molecule has 12 unspecified atom stereocenters. The summed E-state index contributed by atoms with van der Waals surface area (Å²) in [7, 11) is 0. The zero-order valence-electron chi connectivity index (χ0n) is 62.0. The Bertz CT molecular complexity index is 2070. The molecule has 2 rings (SSSR count). The highest BCUT2D eigenvalue weighted by Gasteiger charge is 2.51. The lowest BCUT2D eigenvalue weighted by Gasteiger charge is -2.46. The Hall–Kier alpha value is -3.35. The average Bonchev–Trinajstić information content (AvgIpc) is 0.793. The second-order valence-electron chi connectivity index (χ2n) is 27.8. The first-order valence-corrected chi connectivity index (χ1v) is 40.1. The van der Waals surface area contributed by atoms with Gasteiger partial charge in [-0.2, -0.15) is 0 Å². The summed E-state index contributed by atoms with van der Waals surface area (Å²) >= 11 is 0. The maximum atomic E-state index is 13.4. The molecule has 0 radical (unpaired) electrons. The molecular formula is C84H147NO13. The number of ether oxygens (including phenoxy) is 4. The molecule has 1 amide bonds. The van der Waals surface area contributed by atoms with Gasteiger partial charge in [0.15, 0.2) is 12.6 Å². The van der Waals surface area contributed by atoms with Gasteiger partial charge in [-0.15, -0.1) is 0 Å². The Morgan fingerprint density at radius 2 is 0.704 bits per heavy atom. The number of rotatable bonds is 66. The van der Waals surface area contributed by atoms with E-state index < -0.39 is 86.8 Å². The van der Waals surface area contributed by atoms with E-state index >= 15 is 0 Å². The van der Waals surface area contributed by atoms with Crippen molar-refractivity contribution in [2.75, 3.05) is 19.8 Å². The SMILES string of the molecule is CC/C=C\C/C=C\C/C=C\C/C=C\C/C=C\C/C=C\C/C=C\C/C=C\C/C=C\CCCCCCCCCCCC(=O)NC(COC1OC(CO)C(OC2OC(CO)C(O)C(O)C2O)C(O)C1O)C(O)CCCCCCCCCCCCCCCCCCCCCCCCCCCCC. The van der Waals surface area contributed by atoms with Crippen molar-refractivity contribution in [2.24, 2.45) is 0 Å². The normalized spacial score (nSPS) is 22.6. The average molecular weight is 1380 g/mol. The molecule has 566 valence electrons. The fraction of sp³-hybridized carbons (Fsp3) is 0.774. The molecule has 2 fully saturated rings. The van der Waals surface area contributed by atoms with Gasteiger partial charge in [-0.05, 0) is 83.5 Å². The van der Waals surface area contributed by atoms with Crippen LogP contribution in [0, 0.1) is 0 Å². The van der Waals surface area contributed by atoms with Crippen LogP contribution in [0.15, 0.2) is 109 Å². The Morgan fingerprint density at radius 3 is 1.08 bits per heavy atom. The van der Waals surface area contributed by atoms with Crippen LogP contribution in [-0.2, 0) is 23.7 Å². The van der Waals surface area contributed by atoms with Crippen LogP contribution in [0.3, 0.4) is 0 Å². The monoisotopic (exact) mass is 1380 g/mol. The summed E-state index contributed by atoms with van der Waals surface area (Å²) in [4.78, 5) is 13.4. The lowest BCUT2D eigenvalue weighted by Crippen LogP contribution is -2.65. The van der Waals surface area contributed by atoms with E-state index in [-0.39, 0.29) is 12.5 Å². The molecule has 14 heteroatoms. The number of carbonyl (C=O) groups is 1. The zero-order valence-corrected chi connectivity index (χ0v) is 62.0. The maximum Gasteiger partial charge on any atom is 0.220 e. The van der Waals surface area contributed by atoms with Crippen LogP contribution in [0.4, 0.5) is 0 Å². The molecule has 0 aromatic rings. The van der Waals surface area contributed by atoms with Gasteiger partial charge in [-0.1, -0.05) is 342 Å². The van der Waals surface area contributed by atoms with E-state index in [0.717, 1.165) is 109 Å². The number of hydrogen-bond donors (Lipinski definition) is 9. The fourth-order valence-electron chi connectivity index (χ4n) is 12.7. The summed E-state index contributed by atoms with van der Waals surface area (Å²) in [5, 5.41) is 87.9. The number of carbonyl (C=O) groups excluding carboxylic acids is 1. The highest BCUT2D eigenvalue weighted by atomic mass is 16.7. The van der Waals surface area contributed by atoms with Crippen LogP contribution in [0.5, 0.6) is 0 Å². The molecule has 9 N–H and O–H groups in total. The molecule has 2 aliphatic rings. The van der Waals surface area contributed by atoms with Crippen molar-refractivity contribution in [3.05, 3.63) is 109 Å². The minimum Gasteiger partial charge on any atom is -0.394 e. The minimum atomic E-state index is -1.79. The van der Waals surface area contributed by atoms with Crippen LogP contribution in [-0.4, -0.2) is 140 Å². The van der Waals surface area contributed by atoms with E-state index in [1.807, 2.05) is 0 Å². The minimum absolute atomic E-state index is 0.213. The number of nitrogens with one attached hydrogen (secondary N) is 1. The summed E-state index contributed by atoms with van der Waals surface area (Å²) < 4.78 is 23.0. The second-order valence-corrected chi connectivity index (χ2v) is 27.8. The van der Waals surface area contributed by atoms with Crippen LogP contribution in [0.2, 0.25) is 0 Å². The number of aliphatic hydroxyl groups is 8. The number of aliphatic hydroxyl groups excluding tert-OH is 8. The van der Waals surface area contributed by atoms with Crippen molar-refractivity contribution >= 4 is 5.91 Å². The molecule has 0 aliphatic carbocycles. The van der Waals surface area contributed by atoms with E-state index in [1.165, 1.54) is 180 Å². The van der Waals surface area contributed by atoms with Gasteiger partial charge >= 0.3 is 0 Å². The van der Waals surface area contributed by atoms with E-state index in [1.54, 1.807) is 0 Å². The largest absolute Gasteiger partial charge is 0.394 e. The summed E-state index contributed by atoms with van der Waals surface area (Å²) in [5.74, 6) is -0.213. The van der Waals surface area contributed by atoms with Gasteiger partial charge in [0.25, 0.3) is 0 Å². The topological polar surface area (TPSA) is 228 Å². The standard InChI is InChI=1S/C84H147NO13/c1-3-5-7-9-11-13-15-17-19-21-23-25-27-29-31-32-33-34-35-36-37-38-39-40-42-44-46-48-50-52-54-56-58-60-62-64-66-68-76(89)85-72(71-95-83-81(94)79(92)82(75(70-87)97-83)98-84-80(93)78(91)77(90)74(69-86)96-84)73(88)67-65-63-61-59-57-55-53-51-49-47-45-43-41-30-28-26-24-22-20-18-16-14-12-10-8-6-4-2/h5,7,11,13,17,19,23,25,29,31,33-34,36-37,39-40,44,46,72-75,77-84,86-88,90-94H,3-4,6,8-10,12,14-16,18,20-22,24,26-28,30,32,35,38,41-43,45,47-71H2,1-2H3,(H,85,89)/b7-5-,13-11-,19-17-,25-23-,31-29-,34-33-,37-36-,40-39-,46-44-. The first-order chi connectivity index (χ1) is 48.1. The summed E-state index contributed by atoms with van der Waals surface area (Å²) in [5.41, 5.74) is 0. The second kappa shape index (κ2) is 66.9. The molecule has 98 heavy (non-hydrogen) atoms. The Balaban J connectivity index is 1.63. The van der Waals surface area contributed by atoms with Crippen molar-refractivity contribution in [1.29, 1.82) is 0 Å². The quantitative estimate of drug-likeness (QED) is 0.0204. The Kier molecular flexibility index (Phi) is 61.9. The molecule has 14 nitrogen and oxygen atoms in total. The van der Waals surface area contributed by atoms with E-state index in [2.05, 4.69) is 129 Å². The molecule has 0 spiro atoms. The third-order valence-corrected chi connectivity index (χ3v) is 19.0. The van der Waals surface area contributed by atoms with Crippen LogP contribution in [0.25, 0.3) is 0 Å². The molecular weight excluding hydrogens is 1230 g/mol. The fourth-order valence-corrected chi connectivity index (χ4v) is 12.7. The number of unbranched alkanes of at least 4 members (excludes halogenated alkanes) is 35. The zero-order chi connectivity index (χ0) is 70.8. The van der Waals surface area contributed by atoms with E-state index in [0.29, 0.717) is 19.3 Å². The number of amides is 1. The van der Waals surface area contributed by atoms with Crippen molar-refractivity contribution in [3.8, 4) is 0 Å². The molecule has 0 bridgehead atoms. The lowest BCUT2D eigenvalue weighted by molar-refractivity contribution is -0.359. The van der Waals surface area contributed by atoms with Gasteiger partial charge in [0.2, 0.25) is 5.91 Å². The molecule has 0 aromatic carbocycles. The maximum absolute atomic E-state index is 13.4. The van der Waals surface area contributed by atoms with Gasteiger partial charge in [0, 0.05) is 6.42 Å². The molecule has 0 saturated carbocycles.